The van der Waals surface area contributed by atoms with E-state index in [1.165, 1.54) is 10.4 Å². The largest absolute Gasteiger partial charge is 0.497 e. The van der Waals surface area contributed by atoms with Gasteiger partial charge >= 0.3 is 6.03 Å². The van der Waals surface area contributed by atoms with Crippen molar-refractivity contribution in [1.29, 1.82) is 0 Å². The summed E-state index contributed by atoms with van der Waals surface area (Å²) in [5, 5.41) is 5.09. The lowest BCUT2D eigenvalue weighted by Crippen LogP contribution is -2.40. The second-order valence-electron chi connectivity index (χ2n) is 6.38. The van der Waals surface area contributed by atoms with Gasteiger partial charge in [-0.05, 0) is 47.7 Å². The predicted molar refractivity (Wildman–Crippen MR) is 109 cm³/mol. The number of thiophene rings is 1. The van der Waals surface area contributed by atoms with Crippen LogP contribution in [0.15, 0.2) is 60.1 Å². The molecule has 0 bridgehead atoms. The van der Waals surface area contributed by atoms with Crippen LogP contribution >= 0.6 is 11.3 Å². The summed E-state index contributed by atoms with van der Waals surface area (Å²) < 4.78 is 7.22. The summed E-state index contributed by atoms with van der Waals surface area (Å²) in [5.41, 5.74) is 2.28. The molecule has 0 saturated carbocycles. The Bertz CT molecular complexity index is 841. The van der Waals surface area contributed by atoms with Gasteiger partial charge in [-0.1, -0.05) is 18.2 Å². The molecule has 0 aliphatic carbocycles. The number of nitrogens with one attached hydrogen (secondary N) is 1. The van der Waals surface area contributed by atoms with Crippen LogP contribution in [0.3, 0.4) is 0 Å². The number of urea groups is 1. The lowest BCUT2D eigenvalue weighted by atomic mass is 10.1. The quantitative estimate of drug-likeness (QED) is 0.638. The first-order valence-electron chi connectivity index (χ1n) is 8.94. The van der Waals surface area contributed by atoms with E-state index in [1.807, 2.05) is 70.6 Å². The molecule has 0 spiro atoms. The first-order valence-corrected chi connectivity index (χ1v) is 9.82. The van der Waals surface area contributed by atoms with Crippen molar-refractivity contribution in [3.63, 3.8) is 0 Å². The monoisotopic (exact) mass is 383 g/mol. The Morgan fingerprint density at radius 2 is 1.96 bits per heavy atom. The first kappa shape index (κ1) is 19.0. The second kappa shape index (κ2) is 9.28. The molecule has 0 saturated heterocycles. The number of nitrogens with zero attached hydrogens (tertiary/aromatic N) is 2. The molecule has 1 N–H and O–H groups in total. The second-order valence-corrected chi connectivity index (χ2v) is 7.41. The molecular formula is C21H25N3O2S. The Labute approximate surface area is 164 Å². The Hall–Kier alpha value is -2.73. The van der Waals surface area contributed by atoms with Gasteiger partial charge in [-0.25, -0.2) is 4.79 Å². The maximum atomic E-state index is 12.8. The summed E-state index contributed by atoms with van der Waals surface area (Å²) in [6.45, 7) is 1.78. The fourth-order valence-corrected chi connectivity index (χ4v) is 3.58. The van der Waals surface area contributed by atoms with E-state index in [0.29, 0.717) is 19.6 Å². The standard InChI is InChI=1S/C21H25N3O2S/c1-23-13-3-5-18(23)15-24(16-20-6-4-14-27-20)21(25)22-12-11-17-7-9-19(26-2)10-8-17/h3-10,13-14H,11-12,15-16H2,1-2H3,(H,22,25). The van der Waals surface area contributed by atoms with Gasteiger partial charge in [-0.15, -0.1) is 11.3 Å². The van der Waals surface area contributed by atoms with Crippen molar-refractivity contribution in [2.45, 2.75) is 19.5 Å². The molecule has 0 atom stereocenters. The third kappa shape index (κ3) is 5.37. The molecule has 1 aromatic carbocycles. The normalized spacial score (nSPS) is 10.6. The number of aromatic nitrogens is 1. The fraction of sp³-hybridized carbons (Fsp3) is 0.286. The van der Waals surface area contributed by atoms with Crippen molar-refractivity contribution < 1.29 is 9.53 Å². The van der Waals surface area contributed by atoms with Gasteiger partial charge in [0.1, 0.15) is 5.75 Å². The van der Waals surface area contributed by atoms with Crippen LogP contribution in [0.4, 0.5) is 4.79 Å². The summed E-state index contributed by atoms with van der Waals surface area (Å²) in [7, 11) is 3.66. The Morgan fingerprint density at radius 1 is 1.15 bits per heavy atom. The van der Waals surface area contributed by atoms with E-state index >= 15 is 0 Å². The van der Waals surface area contributed by atoms with Gasteiger partial charge in [-0.2, -0.15) is 0 Å². The summed E-state index contributed by atoms with van der Waals surface area (Å²) >= 11 is 1.67. The summed E-state index contributed by atoms with van der Waals surface area (Å²) in [4.78, 5) is 15.8. The molecule has 0 aliphatic rings. The topological polar surface area (TPSA) is 46.5 Å². The lowest BCUT2D eigenvalue weighted by molar-refractivity contribution is 0.192. The minimum Gasteiger partial charge on any atom is -0.497 e. The zero-order valence-electron chi connectivity index (χ0n) is 15.7. The Kier molecular flexibility index (Phi) is 6.54. The van der Waals surface area contributed by atoms with E-state index in [1.54, 1.807) is 18.4 Å². The number of aryl methyl sites for hydroxylation is 1. The molecule has 2 heterocycles. The highest BCUT2D eigenvalue weighted by atomic mass is 32.1. The zero-order chi connectivity index (χ0) is 19.1. The molecule has 0 aliphatic heterocycles. The molecule has 2 amide bonds. The lowest BCUT2D eigenvalue weighted by Gasteiger charge is -2.23. The highest BCUT2D eigenvalue weighted by Gasteiger charge is 2.16. The van der Waals surface area contributed by atoms with Gasteiger partial charge in [-0.3, -0.25) is 0 Å². The van der Waals surface area contributed by atoms with Gasteiger partial charge < -0.3 is 19.5 Å². The first-order chi connectivity index (χ1) is 13.2. The number of hydrogen-bond acceptors (Lipinski definition) is 3. The predicted octanol–water partition coefficient (Wildman–Crippen LogP) is 4.05. The maximum absolute atomic E-state index is 12.8. The van der Waals surface area contributed by atoms with Crippen LogP contribution in [0.25, 0.3) is 0 Å². The van der Waals surface area contributed by atoms with Crippen LogP contribution in [0, 0.1) is 0 Å². The highest BCUT2D eigenvalue weighted by Crippen LogP contribution is 2.15. The molecule has 27 heavy (non-hydrogen) atoms. The molecule has 0 radical (unpaired) electrons. The number of hydrogen-bond donors (Lipinski definition) is 1. The average molecular weight is 384 g/mol. The summed E-state index contributed by atoms with van der Waals surface area (Å²) in [6, 6.07) is 16.0. The van der Waals surface area contributed by atoms with Crippen LogP contribution < -0.4 is 10.1 Å². The third-order valence-corrected chi connectivity index (χ3v) is 5.33. The van der Waals surface area contributed by atoms with Crippen molar-refractivity contribution in [3.8, 4) is 5.75 Å². The van der Waals surface area contributed by atoms with Crippen LogP contribution in [-0.4, -0.2) is 29.2 Å². The van der Waals surface area contributed by atoms with E-state index in [9.17, 15) is 4.79 Å². The molecule has 3 rings (SSSR count). The number of benzene rings is 1. The van der Waals surface area contributed by atoms with Gasteiger partial charge in [0.2, 0.25) is 0 Å². The van der Waals surface area contributed by atoms with Crippen molar-refractivity contribution >= 4 is 17.4 Å². The minimum atomic E-state index is -0.0434. The molecule has 3 aromatic rings. The van der Waals surface area contributed by atoms with Gasteiger partial charge in [0, 0.05) is 30.4 Å². The van der Waals surface area contributed by atoms with E-state index in [0.717, 1.165) is 17.9 Å². The molecule has 2 aromatic heterocycles. The number of carbonyl (C=O) groups is 1. The molecule has 142 valence electrons. The number of ether oxygens (including phenoxy) is 1. The van der Waals surface area contributed by atoms with Gasteiger partial charge in [0.05, 0.1) is 20.2 Å². The van der Waals surface area contributed by atoms with E-state index in [4.69, 9.17) is 4.74 Å². The summed E-state index contributed by atoms with van der Waals surface area (Å²) in [6.07, 6.45) is 2.78. The van der Waals surface area contributed by atoms with Crippen molar-refractivity contribution in [3.05, 3.63) is 76.2 Å². The minimum absolute atomic E-state index is 0.0434. The number of methoxy groups -OCH3 is 1. The van der Waals surface area contributed by atoms with E-state index < -0.39 is 0 Å². The van der Waals surface area contributed by atoms with Gasteiger partial charge in [0.15, 0.2) is 0 Å². The molecule has 0 unspecified atom stereocenters. The van der Waals surface area contributed by atoms with E-state index in [-0.39, 0.29) is 6.03 Å². The number of rotatable bonds is 8. The smallest absolute Gasteiger partial charge is 0.318 e. The fourth-order valence-electron chi connectivity index (χ4n) is 2.86. The van der Waals surface area contributed by atoms with Crippen LogP contribution in [0.2, 0.25) is 0 Å². The Morgan fingerprint density at radius 3 is 2.59 bits per heavy atom. The molecule has 5 nitrogen and oxygen atoms in total. The molecule has 6 heteroatoms. The maximum Gasteiger partial charge on any atom is 0.318 e. The van der Waals surface area contributed by atoms with Crippen LogP contribution in [-0.2, 0) is 26.6 Å². The highest BCUT2D eigenvalue weighted by molar-refractivity contribution is 7.09. The number of amides is 2. The van der Waals surface area contributed by atoms with Crippen LogP contribution in [0.5, 0.6) is 5.75 Å². The van der Waals surface area contributed by atoms with E-state index in [2.05, 4.69) is 11.4 Å². The third-order valence-electron chi connectivity index (χ3n) is 4.47. The zero-order valence-corrected chi connectivity index (χ0v) is 16.5. The van der Waals surface area contributed by atoms with Crippen molar-refractivity contribution in [2.24, 2.45) is 7.05 Å². The summed E-state index contributed by atoms with van der Waals surface area (Å²) in [5.74, 6) is 0.840. The molecular weight excluding hydrogens is 358 g/mol. The average Bonchev–Trinajstić information content (AvgIpc) is 3.34. The van der Waals surface area contributed by atoms with Crippen molar-refractivity contribution in [1.82, 2.24) is 14.8 Å². The molecule has 0 fully saturated rings. The Balaban J connectivity index is 1.58. The van der Waals surface area contributed by atoms with Crippen molar-refractivity contribution in [2.75, 3.05) is 13.7 Å². The SMILES string of the molecule is COc1ccc(CCNC(=O)N(Cc2cccs2)Cc2cccn2C)cc1. The van der Waals surface area contributed by atoms with Crippen LogP contribution in [0.1, 0.15) is 16.1 Å². The number of carbonyl (C=O) groups excluding carboxylic acids is 1. The van der Waals surface area contributed by atoms with Gasteiger partial charge in [0.25, 0.3) is 0 Å².